The number of likely N-dealkylation sites (N-methyl/N-ethyl adjacent to an activating group) is 1. The molecule has 0 saturated carbocycles. The molecule has 1 aromatic rings. The van der Waals surface area contributed by atoms with Gasteiger partial charge < -0.3 is 20.3 Å². The van der Waals surface area contributed by atoms with Crippen LogP contribution in [0, 0.1) is 0 Å². The maximum Gasteiger partial charge on any atom is 0.309 e. The highest BCUT2D eigenvalue weighted by Crippen LogP contribution is 2.29. The van der Waals surface area contributed by atoms with Gasteiger partial charge in [-0.25, -0.2) is 0 Å². The maximum absolute atomic E-state index is 12.5. The number of hydrogen-bond donors (Lipinski definition) is 2. The molecule has 1 aromatic heterocycles. The van der Waals surface area contributed by atoms with E-state index in [9.17, 15) is 9.59 Å². The number of rotatable bonds is 8. The summed E-state index contributed by atoms with van der Waals surface area (Å²) in [5.41, 5.74) is 0. The highest BCUT2D eigenvalue weighted by atomic mass is 32.1. The number of carbonyl (C=O) groups is 2. The van der Waals surface area contributed by atoms with E-state index in [1.165, 1.54) is 4.88 Å². The maximum atomic E-state index is 12.5. The van der Waals surface area contributed by atoms with Crippen LogP contribution in [-0.4, -0.2) is 105 Å². The zero-order chi connectivity index (χ0) is 21.3. The van der Waals surface area contributed by atoms with E-state index in [-0.39, 0.29) is 12.1 Å². The zero-order valence-corrected chi connectivity index (χ0v) is 19.0. The van der Waals surface area contributed by atoms with Crippen molar-refractivity contribution in [3.63, 3.8) is 0 Å². The van der Waals surface area contributed by atoms with Gasteiger partial charge in [0.25, 0.3) is 0 Å². The van der Waals surface area contributed by atoms with Gasteiger partial charge in [0.1, 0.15) is 0 Å². The normalized spacial score (nSPS) is 21.1. The third-order valence-corrected chi connectivity index (χ3v) is 6.88. The van der Waals surface area contributed by atoms with Gasteiger partial charge in [-0.05, 0) is 24.9 Å². The van der Waals surface area contributed by atoms with Crippen molar-refractivity contribution < 1.29 is 14.3 Å². The molecular formula is C21H35N5O3S. The molecular weight excluding hydrogens is 402 g/mol. The number of nitrogens with zero attached hydrogens (tertiary/aromatic N) is 3. The molecule has 2 N–H and O–H groups in total. The largest absolute Gasteiger partial charge is 0.379 e. The van der Waals surface area contributed by atoms with Crippen LogP contribution in [0.15, 0.2) is 17.5 Å². The van der Waals surface area contributed by atoms with Crippen LogP contribution in [0.2, 0.25) is 0 Å². The van der Waals surface area contributed by atoms with Gasteiger partial charge in [-0.3, -0.25) is 19.4 Å². The van der Waals surface area contributed by atoms with Crippen LogP contribution in [-0.2, 0) is 14.3 Å². The fraction of sp³-hybridized carbons (Fsp3) is 0.714. The topological polar surface area (TPSA) is 77.1 Å². The first kappa shape index (κ1) is 23.1. The Morgan fingerprint density at radius 1 is 1.10 bits per heavy atom. The van der Waals surface area contributed by atoms with Gasteiger partial charge in [-0.2, -0.15) is 0 Å². The van der Waals surface area contributed by atoms with Gasteiger partial charge >= 0.3 is 11.8 Å². The molecule has 0 spiro atoms. The standard InChI is InChI=1S/C21H35N5O3S/c1-3-24-8-10-26(11-9-24)19(18-5-4-16-30-18)17(2)23-21(28)20(27)22-6-7-25-12-14-29-15-13-25/h4-5,16-17,19H,3,6-15H2,1-2H3,(H,22,27)(H,23,28)/t17-,19+/m0/s1. The minimum Gasteiger partial charge on any atom is -0.379 e. The number of ether oxygens (including phenoxy) is 1. The highest BCUT2D eigenvalue weighted by Gasteiger charge is 2.31. The quantitative estimate of drug-likeness (QED) is 0.573. The molecule has 9 heteroatoms. The molecule has 2 atom stereocenters. The second-order valence-electron chi connectivity index (χ2n) is 7.90. The average Bonchev–Trinajstić information content (AvgIpc) is 3.29. The lowest BCUT2D eigenvalue weighted by Gasteiger charge is -2.41. The third-order valence-electron chi connectivity index (χ3n) is 5.94. The van der Waals surface area contributed by atoms with E-state index in [1.54, 1.807) is 11.3 Å². The highest BCUT2D eigenvalue weighted by molar-refractivity contribution is 7.10. The fourth-order valence-corrected chi connectivity index (χ4v) is 5.11. The second-order valence-corrected chi connectivity index (χ2v) is 8.88. The smallest absolute Gasteiger partial charge is 0.309 e. The number of thiophene rings is 1. The van der Waals surface area contributed by atoms with Crippen LogP contribution in [0.1, 0.15) is 24.8 Å². The van der Waals surface area contributed by atoms with E-state index >= 15 is 0 Å². The average molecular weight is 438 g/mol. The summed E-state index contributed by atoms with van der Waals surface area (Å²) < 4.78 is 5.33. The Balaban J connectivity index is 1.50. The first-order chi connectivity index (χ1) is 14.6. The summed E-state index contributed by atoms with van der Waals surface area (Å²) >= 11 is 1.70. The van der Waals surface area contributed by atoms with Crippen molar-refractivity contribution in [3.8, 4) is 0 Å². The summed E-state index contributed by atoms with van der Waals surface area (Å²) in [6.07, 6.45) is 0. The van der Waals surface area contributed by atoms with Crippen molar-refractivity contribution in [2.75, 3.05) is 72.1 Å². The molecule has 0 aliphatic carbocycles. The molecule has 2 saturated heterocycles. The second kappa shape index (κ2) is 11.8. The van der Waals surface area contributed by atoms with E-state index < -0.39 is 11.8 Å². The van der Waals surface area contributed by atoms with Gasteiger partial charge in [-0.1, -0.05) is 13.0 Å². The Hall–Kier alpha value is -1.52. The fourth-order valence-electron chi connectivity index (χ4n) is 4.14. The Labute approximate surface area is 183 Å². The van der Waals surface area contributed by atoms with Crippen LogP contribution in [0.5, 0.6) is 0 Å². The minimum absolute atomic E-state index is 0.0779. The Morgan fingerprint density at radius 2 is 1.83 bits per heavy atom. The summed E-state index contributed by atoms with van der Waals surface area (Å²) in [6.45, 7) is 13.6. The molecule has 2 fully saturated rings. The molecule has 3 rings (SSSR count). The molecule has 8 nitrogen and oxygen atoms in total. The van der Waals surface area contributed by atoms with Crippen LogP contribution >= 0.6 is 11.3 Å². The van der Waals surface area contributed by atoms with Crippen molar-refractivity contribution in [2.24, 2.45) is 0 Å². The third kappa shape index (κ3) is 6.49. The number of nitrogens with one attached hydrogen (secondary N) is 2. The first-order valence-corrected chi connectivity index (χ1v) is 11.8. The molecule has 30 heavy (non-hydrogen) atoms. The Kier molecular flexibility index (Phi) is 9.07. The van der Waals surface area contributed by atoms with Crippen molar-refractivity contribution in [3.05, 3.63) is 22.4 Å². The molecule has 0 bridgehead atoms. The number of carbonyl (C=O) groups excluding carboxylic acids is 2. The first-order valence-electron chi connectivity index (χ1n) is 11.0. The van der Waals surface area contributed by atoms with Crippen molar-refractivity contribution in [2.45, 2.75) is 25.9 Å². The van der Waals surface area contributed by atoms with Crippen LogP contribution in [0.4, 0.5) is 0 Å². The van der Waals surface area contributed by atoms with Gasteiger partial charge in [0.05, 0.1) is 19.3 Å². The predicted octanol–water partition coefficient (Wildman–Crippen LogP) is 0.380. The molecule has 168 valence electrons. The summed E-state index contributed by atoms with van der Waals surface area (Å²) in [7, 11) is 0. The number of amides is 2. The molecule has 0 aromatic carbocycles. The van der Waals surface area contributed by atoms with Crippen molar-refractivity contribution in [1.82, 2.24) is 25.3 Å². The van der Waals surface area contributed by atoms with Crippen molar-refractivity contribution >= 4 is 23.2 Å². The van der Waals surface area contributed by atoms with Gasteiger partial charge in [0, 0.05) is 63.3 Å². The van der Waals surface area contributed by atoms with Crippen LogP contribution in [0.25, 0.3) is 0 Å². The summed E-state index contributed by atoms with van der Waals surface area (Å²) in [5.74, 6) is -1.12. The van der Waals surface area contributed by atoms with E-state index in [0.717, 1.165) is 65.6 Å². The van der Waals surface area contributed by atoms with Crippen molar-refractivity contribution in [1.29, 1.82) is 0 Å². The van der Waals surface area contributed by atoms with Crippen LogP contribution < -0.4 is 10.6 Å². The summed E-state index contributed by atoms with van der Waals surface area (Å²) in [5, 5.41) is 7.76. The van der Waals surface area contributed by atoms with Gasteiger partial charge in [0.15, 0.2) is 0 Å². The molecule has 2 aliphatic rings. The lowest BCUT2D eigenvalue weighted by atomic mass is 10.0. The lowest BCUT2D eigenvalue weighted by molar-refractivity contribution is -0.139. The lowest BCUT2D eigenvalue weighted by Crippen LogP contribution is -2.53. The predicted molar refractivity (Wildman–Crippen MR) is 119 cm³/mol. The number of hydrogen-bond acceptors (Lipinski definition) is 7. The molecule has 0 radical (unpaired) electrons. The van der Waals surface area contributed by atoms with E-state index in [0.29, 0.717) is 6.54 Å². The van der Waals surface area contributed by atoms with Crippen LogP contribution in [0.3, 0.4) is 0 Å². The van der Waals surface area contributed by atoms with E-state index in [2.05, 4.69) is 43.7 Å². The van der Waals surface area contributed by atoms with E-state index in [1.807, 2.05) is 13.0 Å². The molecule has 2 amide bonds. The number of morpholine rings is 1. The number of piperazine rings is 1. The molecule has 2 aliphatic heterocycles. The molecule has 0 unspecified atom stereocenters. The zero-order valence-electron chi connectivity index (χ0n) is 18.1. The minimum atomic E-state index is -0.559. The van der Waals surface area contributed by atoms with Gasteiger partial charge in [-0.15, -0.1) is 11.3 Å². The van der Waals surface area contributed by atoms with E-state index in [4.69, 9.17) is 4.74 Å². The summed E-state index contributed by atoms with van der Waals surface area (Å²) in [6, 6.07) is 4.08. The monoisotopic (exact) mass is 437 g/mol. The molecule has 3 heterocycles. The Bertz CT molecular complexity index is 658. The van der Waals surface area contributed by atoms with Gasteiger partial charge in [0.2, 0.25) is 0 Å². The SMILES string of the molecule is CCN1CCN([C@@H](c2cccs2)[C@H](C)NC(=O)C(=O)NCCN2CCOCC2)CC1. The Morgan fingerprint density at radius 3 is 2.47 bits per heavy atom. The summed E-state index contributed by atoms with van der Waals surface area (Å²) in [4.78, 5) is 33.1.